The van der Waals surface area contributed by atoms with E-state index in [-0.39, 0.29) is 0 Å². The second-order valence-electron chi connectivity index (χ2n) is 4.86. The Balaban J connectivity index is 2.18. The number of benzene rings is 1. The molecule has 1 aliphatic carbocycles. The molecule has 0 aliphatic heterocycles. The Labute approximate surface area is 116 Å². The maximum atomic E-state index is 11.0. The van der Waals surface area contributed by atoms with Crippen LogP contribution in [0.15, 0.2) is 22.7 Å². The first kappa shape index (κ1) is 13.4. The van der Waals surface area contributed by atoms with Crippen molar-refractivity contribution in [1.82, 2.24) is 0 Å². The van der Waals surface area contributed by atoms with Gasteiger partial charge in [-0.15, -0.1) is 0 Å². The van der Waals surface area contributed by atoms with Crippen LogP contribution in [0.4, 0.5) is 5.69 Å². The molecule has 1 fully saturated rings. The topological polar surface area (TPSA) is 40.5 Å². The molecule has 0 saturated heterocycles. The summed E-state index contributed by atoms with van der Waals surface area (Å²) in [7, 11) is 0. The zero-order valence-corrected chi connectivity index (χ0v) is 12.1. The fraction of sp³-hybridized carbons (Fsp3) is 0.500. The molecule has 0 atom stereocenters. The first-order valence-electron chi connectivity index (χ1n) is 6.39. The molecule has 1 aromatic carbocycles. The van der Waals surface area contributed by atoms with Gasteiger partial charge in [-0.3, -0.25) is 0 Å². The molecule has 4 heteroatoms. The van der Waals surface area contributed by atoms with E-state index in [1.165, 1.54) is 12.8 Å². The van der Waals surface area contributed by atoms with E-state index >= 15 is 0 Å². The monoisotopic (exact) mass is 311 g/mol. The van der Waals surface area contributed by atoms with E-state index in [0.717, 1.165) is 31.1 Å². The molecule has 0 bridgehead atoms. The fourth-order valence-corrected chi connectivity index (χ4v) is 2.62. The first-order chi connectivity index (χ1) is 8.61. The number of carboxylic acid groups (broad SMARTS) is 1. The second kappa shape index (κ2) is 5.74. The third-order valence-corrected chi connectivity index (χ3v) is 3.87. The second-order valence-corrected chi connectivity index (χ2v) is 5.71. The number of aromatic carboxylic acids is 1. The van der Waals surface area contributed by atoms with Gasteiger partial charge < -0.3 is 10.0 Å². The average molecular weight is 312 g/mol. The molecule has 98 valence electrons. The number of hydrogen-bond donors (Lipinski definition) is 1. The Morgan fingerprint density at radius 2 is 2.22 bits per heavy atom. The SMILES string of the molecule is CCCN(CC1CC1)c1ccc(C(=O)O)c(Br)c1. The molecule has 0 aromatic heterocycles. The largest absolute Gasteiger partial charge is 0.478 e. The van der Waals surface area contributed by atoms with Gasteiger partial charge in [0.25, 0.3) is 0 Å². The molecule has 0 unspecified atom stereocenters. The summed E-state index contributed by atoms with van der Waals surface area (Å²) in [5.74, 6) is -0.0628. The lowest BCUT2D eigenvalue weighted by Crippen LogP contribution is -2.26. The molecular formula is C14H18BrNO2. The Hall–Kier alpha value is -1.03. The maximum Gasteiger partial charge on any atom is 0.336 e. The molecule has 1 aromatic rings. The van der Waals surface area contributed by atoms with E-state index in [4.69, 9.17) is 5.11 Å². The normalized spacial score (nSPS) is 14.6. The number of halogens is 1. The molecule has 1 saturated carbocycles. The number of rotatable bonds is 6. The van der Waals surface area contributed by atoms with Crippen LogP contribution in [0.5, 0.6) is 0 Å². The smallest absolute Gasteiger partial charge is 0.336 e. The highest BCUT2D eigenvalue weighted by molar-refractivity contribution is 9.10. The lowest BCUT2D eigenvalue weighted by molar-refractivity contribution is 0.0696. The van der Waals surface area contributed by atoms with Crippen LogP contribution in [-0.2, 0) is 0 Å². The maximum absolute atomic E-state index is 11.0. The molecule has 0 spiro atoms. The summed E-state index contributed by atoms with van der Waals surface area (Å²) in [6.07, 6.45) is 3.76. The number of nitrogens with zero attached hydrogens (tertiary/aromatic N) is 1. The van der Waals surface area contributed by atoms with Crippen LogP contribution in [0.3, 0.4) is 0 Å². The lowest BCUT2D eigenvalue weighted by atomic mass is 10.2. The first-order valence-corrected chi connectivity index (χ1v) is 7.19. The van der Waals surface area contributed by atoms with Gasteiger partial charge in [0.15, 0.2) is 0 Å². The Morgan fingerprint density at radius 1 is 1.50 bits per heavy atom. The quantitative estimate of drug-likeness (QED) is 0.869. The molecule has 3 nitrogen and oxygen atoms in total. The summed E-state index contributed by atoms with van der Waals surface area (Å²) in [6.45, 7) is 4.28. The van der Waals surface area contributed by atoms with Crippen molar-refractivity contribution in [2.75, 3.05) is 18.0 Å². The van der Waals surface area contributed by atoms with Crippen LogP contribution in [0.1, 0.15) is 36.5 Å². The molecular weight excluding hydrogens is 294 g/mol. The third-order valence-electron chi connectivity index (χ3n) is 3.22. The van der Waals surface area contributed by atoms with Crippen molar-refractivity contribution < 1.29 is 9.90 Å². The van der Waals surface area contributed by atoms with Crippen molar-refractivity contribution in [3.63, 3.8) is 0 Å². The number of hydrogen-bond acceptors (Lipinski definition) is 2. The summed E-state index contributed by atoms with van der Waals surface area (Å²) < 4.78 is 0.657. The average Bonchev–Trinajstić information content (AvgIpc) is 3.11. The van der Waals surface area contributed by atoms with E-state index in [1.807, 2.05) is 12.1 Å². The van der Waals surface area contributed by atoms with Gasteiger partial charge in [-0.2, -0.15) is 0 Å². The Morgan fingerprint density at radius 3 is 2.72 bits per heavy atom. The fourth-order valence-electron chi connectivity index (χ4n) is 2.08. The van der Waals surface area contributed by atoms with Gasteiger partial charge in [0, 0.05) is 23.2 Å². The zero-order valence-electron chi connectivity index (χ0n) is 10.5. The van der Waals surface area contributed by atoms with E-state index < -0.39 is 5.97 Å². The van der Waals surface area contributed by atoms with Crippen molar-refractivity contribution in [3.05, 3.63) is 28.2 Å². The Bertz CT molecular complexity index is 443. The molecule has 1 aliphatic rings. The van der Waals surface area contributed by atoms with Gasteiger partial charge in [-0.1, -0.05) is 6.92 Å². The van der Waals surface area contributed by atoms with Gasteiger partial charge in [-0.05, 0) is 59.3 Å². The van der Waals surface area contributed by atoms with Crippen molar-refractivity contribution in [2.24, 2.45) is 5.92 Å². The minimum atomic E-state index is -0.891. The third kappa shape index (κ3) is 3.25. The predicted molar refractivity (Wildman–Crippen MR) is 76.3 cm³/mol. The van der Waals surface area contributed by atoms with Gasteiger partial charge in [0.2, 0.25) is 0 Å². The van der Waals surface area contributed by atoms with Crippen LogP contribution in [0.2, 0.25) is 0 Å². The predicted octanol–water partition coefficient (Wildman–Crippen LogP) is 3.77. The number of carbonyl (C=O) groups is 1. The van der Waals surface area contributed by atoms with Gasteiger partial charge in [-0.25, -0.2) is 4.79 Å². The van der Waals surface area contributed by atoms with Gasteiger partial charge in [0.1, 0.15) is 0 Å². The minimum absolute atomic E-state index is 0.321. The van der Waals surface area contributed by atoms with E-state index in [2.05, 4.69) is 27.8 Å². The van der Waals surface area contributed by atoms with Crippen LogP contribution in [0.25, 0.3) is 0 Å². The zero-order chi connectivity index (χ0) is 13.1. The Kier molecular flexibility index (Phi) is 4.27. The van der Waals surface area contributed by atoms with Crippen molar-refractivity contribution in [3.8, 4) is 0 Å². The molecule has 18 heavy (non-hydrogen) atoms. The summed E-state index contributed by atoms with van der Waals surface area (Å²) >= 11 is 3.34. The highest BCUT2D eigenvalue weighted by Gasteiger charge is 2.24. The highest BCUT2D eigenvalue weighted by Crippen LogP contribution is 2.32. The summed E-state index contributed by atoms with van der Waals surface area (Å²) in [4.78, 5) is 13.3. The summed E-state index contributed by atoms with van der Waals surface area (Å²) in [5.41, 5.74) is 1.43. The number of carboxylic acids is 1. The summed E-state index contributed by atoms with van der Waals surface area (Å²) in [6, 6.07) is 5.51. The van der Waals surface area contributed by atoms with E-state index in [1.54, 1.807) is 6.07 Å². The van der Waals surface area contributed by atoms with Gasteiger partial charge in [0.05, 0.1) is 5.56 Å². The van der Waals surface area contributed by atoms with Crippen molar-refractivity contribution in [1.29, 1.82) is 0 Å². The van der Waals surface area contributed by atoms with Crippen LogP contribution >= 0.6 is 15.9 Å². The summed E-state index contributed by atoms with van der Waals surface area (Å²) in [5, 5.41) is 9.01. The number of anilines is 1. The standard InChI is InChI=1S/C14H18BrNO2/c1-2-7-16(9-10-3-4-10)11-5-6-12(14(17)18)13(15)8-11/h5-6,8,10H,2-4,7,9H2,1H3,(H,17,18). The lowest BCUT2D eigenvalue weighted by Gasteiger charge is -2.24. The van der Waals surface area contributed by atoms with Crippen LogP contribution < -0.4 is 4.90 Å². The molecule has 0 amide bonds. The van der Waals surface area contributed by atoms with Crippen molar-refractivity contribution >= 4 is 27.6 Å². The molecule has 0 heterocycles. The van der Waals surface area contributed by atoms with Crippen molar-refractivity contribution in [2.45, 2.75) is 26.2 Å². The van der Waals surface area contributed by atoms with E-state index in [9.17, 15) is 4.79 Å². The molecule has 0 radical (unpaired) electrons. The van der Waals surface area contributed by atoms with Crippen LogP contribution in [0, 0.1) is 5.92 Å². The molecule has 2 rings (SSSR count). The molecule has 1 N–H and O–H groups in total. The highest BCUT2D eigenvalue weighted by atomic mass is 79.9. The van der Waals surface area contributed by atoms with E-state index in [0.29, 0.717) is 10.0 Å². The van der Waals surface area contributed by atoms with Gasteiger partial charge >= 0.3 is 5.97 Å². The van der Waals surface area contributed by atoms with Crippen LogP contribution in [-0.4, -0.2) is 24.2 Å². The minimum Gasteiger partial charge on any atom is -0.478 e.